The molecule has 0 aromatic rings. The highest BCUT2D eigenvalue weighted by molar-refractivity contribution is 6.54. The van der Waals surface area contributed by atoms with Gasteiger partial charge in [0, 0.05) is 13.1 Å². The maximum atomic E-state index is 6.03. The maximum absolute atomic E-state index is 6.03. The minimum atomic E-state index is -0.220. The number of hydrogen-bond acceptors (Lipinski definition) is 3. The molecular weight excluding hydrogens is 217 g/mol. The van der Waals surface area contributed by atoms with Gasteiger partial charge in [0.1, 0.15) is 0 Å². The molecule has 0 spiro atoms. The van der Waals surface area contributed by atoms with Crippen LogP contribution < -0.4 is 0 Å². The summed E-state index contributed by atoms with van der Waals surface area (Å²) in [6, 6.07) is 0. The van der Waals surface area contributed by atoms with Crippen molar-refractivity contribution in [3.8, 4) is 0 Å². The van der Waals surface area contributed by atoms with Crippen molar-refractivity contribution in [1.29, 1.82) is 0 Å². The fourth-order valence-corrected chi connectivity index (χ4v) is 1.99. The van der Waals surface area contributed by atoms with Crippen LogP contribution in [0.3, 0.4) is 0 Å². The van der Waals surface area contributed by atoms with Gasteiger partial charge in [-0.1, -0.05) is 6.08 Å². The average molecular weight is 241 g/mol. The molecule has 2 rings (SSSR count). The van der Waals surface area contributed by atoms with Gasteiger partial charge < -0.3 is 19.7 Å². The zero-order valence-corrected chi connectivity index (χ0v) is 11.5. The Morgan fingerprint density at radius 2 is 1.71 bits per heavy atom. The second-order valence-electron chi connectivity index (χ2n) is 5.88. The predicted molar refractivity (Wildman–Crippen MR) is 69.9 cm³/mol. The highest BCUT2D eigenvalue weighted by Crippen LogP contribution is 2.39. The Bertz CT molecular complexity index is 299. The molecule has 1 fully saturated rings. The van der Waals surface area contributed by atoms with E-state index in [4.69, 9.17) is 9.31 Å². The minimum absolute atomic E-state index is 0. The summed E-state index contributed by atoms with van der Waals surface area (Å²) in [5, 5.41) is 0. The second kappa shape index (κ2) is 4.73. The molecule has 2 aliphatic rings. The zero-order valence-electron chi connectivity index (χ0n) is 11.5. The third-order valence-electron chi connectivity index (χ3n) is 4.00. The van der Waals surface area contributed by atoms with Gasteiger partial charge in [0.25, 0.3) is 0 Å². The van der Waals surface area contributed by atoms with Gasteiger partial charge >= 0.3 is 7.12 Å². The van der Waals surface area contributed by atoms with E-state index in [0.29, 0.717) is 0 Å². The molecule has 2 heterocycles. The molecule has 0 saturated carbocycles. The lowest BCUT2D eigenvalue weighted by Gasteiger charge is -2.32. The van der Waals surface area contributed by atoms with Crippen LogP contribution >= 0.6 is 0 Å². The minimum Gasteiger partial charge on any atom is -0.412 e. The molecule has 0 aromatic heterocycles. The van der Waals surface area contributed by atoms with Gasteiger partial charge in [0.2, 0.25) is 0 Å². The molecule has 0 atom stereocenters. The molecule has 98 valence electrons. The normalized spacial score (nSPS) is 27.6. The third kappa shape index (κ3) is 2.73. The van der Waals surface area contributed by atoms with Crippen molar-refractivity contribution in [2.75, 3.05) is 20.1 Å². The molecular formula is C12H24BNO3. The summed E-state index contributed by atoms with van der Waals surface area (Å²) < 4.78 is 12.1. The summed E-state index contributed by atoms with van der Waals surface area (Å²) in [5.41, 5.74) is 0.862. The van der Waals surface area contributed by atoms with Crippen LogP contribution in [0.5, 0.6) is 0 Å². The Hall–Kier alpha value is -0.355. The third-order valence-corrected chi connectivity index (χ3v) is 4.00. The summed E-state index contributed by atoms with van der Waals surface area (Å²) in [6.45, 7) is 10.5. The number of likely N-dealkylation sites (N-methyl/N-ethyl adjacent to an activating group) is 1. The summed E-state index contributed by atoms with van der Waals surface area (Å²) in [5.74, 6) is 0. The van der Waals surface area contributed by atoms with Crippen LogP contribution in [0.4, 0.5) is 0 Å². The van der Waals surface area contributed by atoms with E-state index in [1.54, 1.807) is 0 Å². The van der Waals surface area contributed by atoms with E-state index in [2.05, 4.69) is 45.7 Å². The van der Waals surface area contributed by atoms with Crippen LogP contribution in [0, 0.1) is 0 Å². The maximum Gasteiger partial charge on any atom is 0.490 e. The summed E-state index contributed by atoms with van der Waals surface area (Å²) >= 11 is 0. The van der Waals surface area contributed by atoms with Crippen LogP contribution in [-0.2, 0) is 9.31 Å². The topological polar surface area (TPSA) is 53.2 Å². The van der Waals surface area contributed by atoms with Crippen LogP contribution in [0.1, 0.15) is 34.1 Å². The van der Waals surface area contributed by atoms with E-state index in [9.17, 15) is 0 Å². The highest BCUT2D eigenvalue weighted by atomic mass is 16.7. The number of nitrogens with zero attached hydrogens (tertiary/aromatic N) is 1. The van der Waals surface area contributed by atoms with E-state index < -0.39 is 0 Å². The van der Waals surface area contributed by atoms with Crippen molar-refractivity contribution in [2.24, 2.45) is 0 Å². The van der Waals surface area contributed by atoms with Crippen LogP contribution in [0.2, 0.25) is 0 Å². The summed E-state index contributed by atoms with van der Waals surface area (Å²) in [6.07, 6.45) is 3.29. The van der Waals surface area contributed by atoms with E-state index in [0.717, 1.165) is 19.5 Å². The molecule has 2 aliphatic heterocycles. The molecule has 2 N–H and O–H groups in total. The highest BCUT2D eigenvalue weighted by Gasteiger charge is 2.52. The molecule has 0 aliphatic carbocycles. The van der Waals surface area contributed by atoms with E-state index >= 15 is 0 Å². The first-order valence-electron chi connectivity index (χ1n) is 6.05. The molecule has 0 aromatic carbocycles. The Kier molecular flexibility index (Phi) is 4.09. The predicted octanol–water partition coefficient (Wildman–Crippen LogP) is 1.05. The van der Waals surface area contributed by atoms with E-state index in [1.807, 2.05) is 0 Å². The lowest BCUT2D eigenvalue weighted by atomic mass is 9.75. The molecule has 0 amide bonds. The van der Waals surface area contributed by atoms with Crippen molar-refractivity contribution >= 4 is 7.12 Å². The summed E-state index contributed by atoms with van der Waals surface area (Å²) in [4.78, 5) is 2.30. The van der Waals surface area contributed by atoms with Crippen LogP contribution in [-0.4, -0.2) is 48.8 Å². The molecule has 0 bridgehead atoms. The SMILES string of the molecule is CN1CC=C(B2OC(C)(C)C(C)(C)O2)CC1.O. The van der Waals surface area contributed by atoms with Gasteiger partial charge in [-0.3, -0.25) is 0 Å². The van der Waals surface area contributed by atoms with Gasteiger partial charge in [0.05, 0.1) is 11.2 Å². The lowest BCUT2D eigenvalue weighted by Crippen LogP contribution is -2.41. The molecule has 17 heavy (non-hydrogen) atoms. The first-order valence-corrected chi connectivity index (χ1v) is 6.05. The molecule has 4 nitrogen and oxygen atoms in total. The first-order chi connectivity index (χ1) is 7.32. The summed E-state index contributed by atoms with van der Waals surface area (Å²) in [7, 11) is 2.00. The fourth-order valence-electron chi connectivity index (χ4n) is 1.99. The van der Waals surface area contributed by atoms with Crippen LogP contribution in [0.15, 0.2) is 11.5 Å². The molecule has 5 heteroatoms. The van der Waals surface area contributed by atoms with Crippen molar-refractivity contribution in [3.05, 3.63) is 11.5 Å². The Morgan fingerprint density at radius 1 is 1.18 bits per heavy atom. The standard InChI is InChI=1S/C12H22BNO2.H2O/c1-11(2)12(3,4)16-13(15-11)10-6-8-14(5)9-7-10;/h6H,7-9H2,1-5H3;1H2. The Balaban J connectivity index is 0.00000144. The van der Waals surface area contributed by atoms with Crippen molar-refractivity contribution in [2.45, 2.75) is 45.3 Å². The quantitative estimate of drug-likeness (QED) is 0.645. The fraction of sp³-hybridized carbons (Fsp3) is 0.833. The number of hydrogen-bond donors (Lipinski definition) is 0. The average Bonchev–Trinajstić information content (AvgIpc) is 2.37. The molecule has 0 radical (unpaired) electrons. The van der Waals surface area contributed by atoms with Crippen molar-refractivity contribution < 1.29 is 14.8 Å². The van der Waals surface area contributed by atoms with Crippen LogP contribution in [0.25, 0.3) is 0 Å². The Labute approximate surface area is 104 Å². The van der Waals surface area contributed by atoms with E-state index in [-0.39, 0.29) is 23.8 Å². The first kappa shape index (κ1) is 14.7. The van der Waals surface area contributed by atoms with Gasteiger partial charge in [-0.15, -0.1) is 0 Å². The van der Waals surface area contributed by atoms with Gasteiger partial charge in [-0.25, -0.2) is 0 Å². The number of rotatable bonds is 1. The van der Waals surface area contributed by atoms with Gasteiger partial charge in [0.15, 0.2) is 0 Å². The van der Waals surface area contributed by atoms with Crippen molar-refractivity contribution in [1.82, 2.24) is 4.90 Å². The van der Waals surface area contributed by atoms with Gasteiger partial charge in [-0.05, 0) is 46.6 Å². The molecule has 1 saturated heterocycles. The van der Waals surface area contributed by atoms with Crippen molar-refractivity contribution in [3.63, 3.8) is 0 Å². The monoisotopic (exact) mass is 241 g/mol. The zero-order chi connectivity index (χ0) is 12.0. The Morgan fingerprint density at radius 3 is 2.12 bits per heavy atom. The van der Waals surface area contributed by atoms with Gasteiger partial charge in [-0.2, -0.15) is 0 Å². The smallest absolute Gasteiger partial charge is 0.412 e. The molecule has 0 unspecified atom stereocenters. The lowest BCUT2D eigenvalue weighted by molar-refractivity contribution is 0.00578. The largest absolute Gasteiger partial charge is 0.490 e. The second-order valence-corrected chi connectivity index (χ2v) is 5.88. The van der Waals surface area contributed by atoms with E-state index in [1.165, 1.54) is 5.47 Å².